The summed E-state index contributed by atoms with van der Waals surface area (Å²) in [7, 11) is 0. The van der Waals surface area contributed by atoms with Crippen molar-refractivity contribution < 1.29 is 14.6 Å². The van der Waals surface area contributed by atoms with Gasteiger partial charge in [-0.3, -0.25) is 4.79 Å². The first-order valence-electron chi connectivity index (χ1n) is 6.33. The van der Waals surface area contributed by atoms with Crippen molar-refractivity contribution in [2.24, 2.45) is 5.92 Å². The van der Waals surface area contributed by atoms with Gasteiger partial charge in [-0.05, 0) is 38.0 Å². The lowest BCUT2D eigenvalue weighted by Gasteiger charge is -2.26. The zero-order valence-corrected chi connectivity index (χ0v) is 9.65. The molecule has 0 aromatic heterocycles. The van der Waals surface area contributed by atoms with Crippen molar-refractivity contribution in [1.29, 1.82) is 0 Å². The van der Waals surface area contributed by atoms with Gasteiger partial charge in [0.25, 0.3) is 0 Å². The largest absolute Gasteiger partial charge is 0.393 e. The van der Waals surface area contributed by atoms with Crippen molar-refractivity contribution in [2.75, 3.05) is 13.2 Å². The van der Waals surface area contributed by atoms with Crippen LogP contribution in [0.3, 0.4) is 0 Å². The first-order chi connectivity index (χ1) is 7.75. The molecule has 2 N–H and O–H groups in total. The van der Waals surface area contributed by atoms with Gasteiger partial charge in [0.2, 0.25) is 5.91 Å². The molecule has 16 heavy (non-hydrogen) atoms. The summed E-state index contributed by atoms with van der Waals surface area (Å²) in [6, 6.07) is 0. The van der Waals surface area contributed by atoms with Gasteiger partial charge in [0, 0.05) is 13.2 Å². The molecule has 2 aliphatic rings. The molecule has 2 fully saturated rings. The van der Waals surface area contributed by atoms with Gasteiger partial charge in [-0.15, -0.1) is 0 Å². The molecule has 0 aromatic rings. The Balaban J connectivity index is 1.67. The maximum Gasteiger partial charge on any atom is 0.249 e. The Morgan fingerprint density at radius 1 is 1.31 bits per heavy atom. The van der Waals surface area contributed by atoms with Crippen molar-refractivity contribution in [2.45, 2.75) is 50.7 Å². The second-order valence-electron chi connectivity index (χ2n) is 4.93. The molecule has 4 heteroatoms. The van der Waals surface area contributed by atoms with Crippen LogP contribution in [-0.4, -0.2) is 36.4 Å². The topological polar surface area (TPSA) is 58.6 Å². The Hall–Kier alpha value is -0.610. The van der Waals surface area contributed by atoms with E-state index in [1.54, 1.807) is 0 Å². The van der Waals surface area contributed by atoms with Gasteiger partial charge in [0.15, 0.2) is 0 Å². The van der Waals surface area contributed by atoms with Crippen LogP contribution < -0.4 is 5.32 Å². The number of rotatable bonds is 3. The van der Waals surface area contributed by atoms with Crippen LogP contribution in [0.4, 0.5) is 0 Å². The standard InChI is InChI=1S/C12H21NO3/c14-10-4-1-3-9(7-10)8-13-12(15)11-5-2-6-16-11/h9-11,14H,1-8H2,(H,13,15)/t9?,10?,11-/m0/s1. The monoisotopic (exact) mass is 227 g/mol. The van der Waals surface area contributed by atoms with E-state index in [9.17, 15) is 9.90 Å². The average molecular weight is 227 g/mol. The van der Waals surface area contributed by atoms with Crippen LogP contribution in [0.1, 0.15) is 38.5 Å². The lowest BCUT2D eigenvalue weighted by Crippen LogP contribution is -2.38. The number of amides is 1. The molecule has 1 heterocycles. The molecule has 0 bridgehead atoms. The Morgan fingerprint density at radius 2 is 2.19 bits per heavy atom. The van der Waals surface area contributed by atoms with Crippen LogP contribution in [0.25, 0.3) is 0 Å². The number of carbonyl (C=O) groups is 1. The van der Waals surface area contributed by atoms with Gasteiger partial charge in [0.1, 0.15) is 6.10 Å². The second kappa shape index (κ2) is 5.64. The highest BCUT2D eigenvalue weighted by molar-refractivity contribution is 5.80. The van der Waals surface area contributed by atoms with E-state index < -0.39 is 0 Å². The maximum absolute atomic E-state index is 11.7. The zero-order chi connectivity index (χ0) is 11.4. The van der Waals surface area contributed by atoms with Crippen molar-refractivity contribution in [3.05, 3.63) is 0 Å². The van der Waals surface area contributed by atoms with Crippen molar-refractivity contribution in [3.63, 3.8) is 0 Å². The zero-order valence-electron chi connectivity index (χ0n) is 9.65. The highest BCUT2D eigenvalue weighted by Crippen LogP contribution is 2.23. The number of carbonyl (C=O) groups excluding carboxylic acids is 1. The van der Waals surface area contributed by atoms with Gasteiger partial charge in [-0.2, -0.15) is 0 Å². The van der Waals surface area contributed by atoms with Gasteiger partial charge < -0.3 is 15.2 Å². The SMILES string of the molecule is O=C(NCC1CCCC(O)C1)[C@@H]1CCCO1. The first-order valence-corrected chi connectivity index (χ1v) is 6.33. The third-order valence-electron chi connectivity index (χ3n) is 3.54. The van der Waals surface area contributed by atoms with E-state index in [-0.39, 0.29) is 18.1 Å². The molecule has 1 saturated heterocycles. The van der Waals surface area contributed by atoms with Gasteiger partial charge in [-0.25, -0.2) is 0 Å². The summed E-state index contributed by atoms with van der Waals surface area (Å²) in [4.78, 5) is 11.7. The molecule has 92 valence electrons. The average Bonchev–Trinajstić information content (AvgIpc) is 2.79. The van der Waals surface area contributed by atoms with E-state index in [4.69, 9.17) is 4.74 Å². The molecule has 2 unspecified atom stereocenters. The van der Waals surface area contributed by atoms with Crippen molar-refractivity contribution in [3.8, 4) is 0 Å². The summed E-state index contributed by atoms with van der Waals surface area (Å²) < 4.78 is 5.31. The normalized spacial score (nSPS) is 34.9. The molecule has 1 amide bonds. The fourth-order valence-electron chi connectivity index (χ4n) is 2.59. The van der Waals surface area contributed by atoms with E-state index in [2.05, 4.69) is 5.32 Å². The Kier molecular flexibility index (Phi) is 4.18. The Labute approximate surface area is 96.4 Å². The summed E-state index contributed by atoms with van der Waals surface area (Å²) in [5.41, 5.74) is 0. The minimum absolute atomic E-state index is 0.0255. The molecular weight excluding hydrogens is 206 g/mol. The van der Waals surface area contributed by atoms with Crippen molar-refractivity contribution in [1.82, 2.24) is 5.32 Å². The summed E-state index contributed by atoms with van der Waals surface area (Å²) in [5, 5.41) is 12.5. The number of hydrogen-bond donors (Lipinski definition) is 2. The first kappa shape index (κ1) is 11.9. The van der Waals surface area contributed by atoms with Gasteiger partial charge in [-0.1, -0.05) is 6.42 Å². The van der Waals surface area contributed by atoms with E-state index in [1.807, 2.05) is 0 Å². The van der Waals surface area contributed by atoms with Crippen LogP contribution in [0, 0.1) is 5.92 Å². The molecule has 0 aromatic carbocycles. The molecule has 0 spiro atoms. The fraction of sp³-hybridized carbons (Fsp3) is 0.917. The molecule has 3 atom stereocenters. The van der Waals surface area contributed by atoms with E-state index in [0.717, 1.165) is 38.5 Å². The lowest BCUT2D eigenvalue weighted by atomic mass is 9.87. The third kappa shape index (κ3) is 3.19. The quantitative estimate of drug-likeness (QED) is 0.751. The molecule has 1 saturated carbocycles. The van der Waals surface area contributed by atoms with E-state index >= 15 is 0 Å². The minimum Gasteiger partial charge on any atom is -0.393 e. The van der Waals surface area contributed by atoms with Crippen LogP contribution in [0.2, 0.25) is 0 Å². The number of ether oxygens (including phenoxy) is 1. The van der Waals surface area contributed by atoms with Crippen LogP contribution in [0.15, 0.2) is 0 Å². The molecular formula is C12H21NO3. The smallest absolute Gasteiger partial charge is 0.249 e. The molecule has 1 aliphatic heterocycles. The summed E-state index contributed by atoms with van der Waals surface area (Å²) in [6.07, 6.45) is 5.36. The number of hydrogen-bond acceptors (Lipinski definition) is 3. The van der Waals surface area contributed by atoms with Crippen LogP contribution in [-0.2, 0) is 9.53 Å². The second-order valence-corrected chi connectivity index (χ2v) is 4.93. The summed E-state index contributed by atoms with van der Waals surface area (Å²) in [6.45, 7) is 1.40. The number of nitrogens with one attached hydrogen (secondary N) is 1. The van der Waals surface area contributed by atoms with Crippen LogP contribution >= 0.6 is 0 Å². The number of aliphatic hydroxyl groups is 1. The third-order valence-corrected chi connectivity index (χ3v) is 3.54. The highest BCUT2D eigenvalue weighted by atomic mass is 16.5. The number of aliphatic hydroxyl groups excluding tert-OH is 1. The molecule has 1 aliphatic carbocycles. The predicted octanol–water partition coefficient (Wildman–Crippen LogP) is 0.833. The lowest BCUT2D eigenvalue weighted by molar-refractivity contribution is -0.130. The molecule has 0 radical (unpaired) electrons. The van der Waals surface area contributed by atoms with Crippen molar-refractivity contribution >= 4 is 5.91 Å². The van der Waals surface area contributed by atoms with Crippen LogP contribution in [0.5, 0.6) is 0 Å². The maximum atomic E-state index is 11.7. The minimum atomic E-state index is -0.228. The fourth-order valence-corrected chi connectivity index (χ4v) is 2.59. The van der Waals surface area contributed by atoms with E-state index in [0.29, 0.717) is 19.1 Å². The van der Waals surface area contributed by atoms with E-state index in [1.165, 1.54) is 0 Å². The summed E-state index contributed by atoms with van der Waals surface area (Å²) >= 11 is 0. The van der Waals surface area contributed by atoms with Gasteiger partial charge in [0.05, 0.1) is 6.10 Å². The highest BCUT2D eigenvalue weighted by Gasteiger charge is 2.25. The molecule has 2 rings (SSSR count). The Morgan fingerprint density at radius 3 is 2.88 bits per heavy atom. The predicted molar refractivity (Wildman–Crippen MR) is 59.9 cm³/mol. The summed E-state index contributed by atoms with van der Waals surface area (Å²) in [5.74, 6) is 0.465. The molecule has 4 nitrogen and oxygen atoms in total. The Bertz CT molecular complexity index is 238. The van der Waals surface area contributed by atoms with Gasteiger partial charge >= 0.3 is 0 Å².